The van der Waals surface area contributed by atoms with E-state index in [2.05, 4.69) is 39.8 Å². The molecule has 0 saturated carbocycles. The van der Waals surface area contributed by atoms with Crippen LogP contribution in [0.3, 0.4) is 0 Å². The number of amides is 1. The van der Waals surface area contributed by atoms with Gasteiger partial charge in [0.1, 0.15) is 0 Å². The van der Waals surface area contributed by atoms with Gasteiger partial charge >= 0.3 is 6.09 Å². The van der Waals surface area contributed by atoms with Crippen molar-refractivity contribution in [3.05, 3.63) is 35.9 Å². The molecule has 0 aliphatic carbocycles. The second-order valence-corrected chi connectivity index (χ2v) is 7.55. The number of fused-ring (bicyclic) bond motifs is 1. The van der Waals surface area contributed by atoms with Crippen molar-refractivity contribution in [3.63, 3.8) is 0 Å². The standard InChI is InChI=1S/C18H25NO2/c1-16(2,3)18(14-10-6-5-7-11-14)17(4)12-8-9-13-19(17)15(20)21-18/h5-7,10-11H,8-9,12-13H2,1-4H3/t17-,18-/m0/s1. The lowest BCUT2D eigenvalue weighted by Crippen LogP contribution is -2.61. The summed E-state index contributed by atoms with van der Waals surface area (Å²) in [5.41, 5.74) is 0.0590. The largest absolute Gasteiger partial charge is 0.435 e. The molecule has 1 amide bonds. The van der Waals surface area contributed by atoms with Crippen LogP contribution >= 0.6 is 0 Å². The zero-order valence-electron chi connectivity index (χ0n) is 13.5. The Hall–Kier alpha value is -1.51. The lowest BCUT2D eigenvalue weighted by atomic mass is 9.60. The molecule has 2 aliphatic rings. The van der Waals surface area contributed by atoms with Crippen LogP contribution in [0.5, 0.6) is 0 Å². The van der Waals surface area contributed by atoms with E-state index >= 15 is 0 Å². The third kappa shape index (κ3) is 1.76. The highest BCUT2D eigenvalue weighted by Gasteiger charge is 2.68. The minimum Gasteiger partial charge on any atom is -0.435 e. The molecule has 0 bridgehead atoms. The summed E-state index contributed by atoms with van der Waals surface area (Å²) in [5.74, 6) is 0. The number of benzene rings is 1. The molecule has 2 atom stereocenters. The third-order valence-electron chi connectivity index (χ3n) is 5.35. The summed E-state index contributed by atoms with van der Waals surface area (Å²) < 4.78 is 6.14. The Kier molecular flexibility index (Phi) is 3.09. The van der Waals surface area contributed by atoms with E-state index in [0.29, 0.717) is 0 Å². The molecule has 0 radical (unpaired) electrons. The van der Waals surface area contributed by atoms with Gasteiger partial charge in [-0.25, -0.2) is 4.79 Å². The van der Waals surface area contributed by atoms with Gasteiger partial charge in [0.15, 0.2) is 5.60 Å². The SMILES string of the molecule is CC(C)(C)[C@]1(c2ccccc2)OC(=O)N2CCCC[C@]21C. The molecule has 3 nitrogen and oxygen atoms in total. The van der Waals surface area contributed by atoms with Crippen LogP contribution < -0.4 is 0 Å². The van der Waals surface area contributed by atoms with Crippen LogP contribution in [0, 0.1) is 5.41 Å². The Balaban J connectivity index is 2.24. The fourth-order valence-corrected chi connectivity index (χ4v) is 4.51. The van der Waals surface area contributed by atoms with Crippen LogP contribution in [0.25, 0.3) is 0 Å². The minimum atomic E-state index is -0.598. The lowest BCUT2D eigenvalue weighted by Gasteiger charge is -2.52. The van der Waals surface area contributed by atoms with Crippen LogP contribution in [-0.4, -0.2) is 23.1 Å². The van der Waals surface area contributed by atoms with Gasteiger partial charge in [0, 0.05) is 12.0 Å². The third-order valence-corrected chi connectivity index (χ3v) is 5.35. The second-order valence-electron chi connectivity index (χ2n) is 7.55. The molecule has 0 unspecified atom stereocenters. The molecule has 0 aromatic heterocycles. The maximum atomic E-state index is 12.6. The molecule has 3 heteroatoms. The highest BCUT2D eigenvalue weighted by Crippen LogP contribution is 2.59. The number of hydrogen-bond donors (Lipinski definition) is 0. The van der Waals surface area contributed by atoms with Gasteiger partial charge in [-0.15, -0.1) is 0 Å². The van der Waals surface area contributed by atoms with E-state index in [9.17, 15) is 4.79 Å². The molecule has 1 aromatic carbocycles. The van der Waals surface area contributed by atoms with Crippen molar-refractivity contribution < 1.29 is 9.53 Å². The lowest BCUT2D eigenvalue weighted by molar-refractivity contribution is -0.107. The number of hydrogen-bond acceptors (Lipinski definition) is 2. The quantitative estimate of drug-likeness (QED) is 0.769. The van der Waals surface area contributed by atoms with Gasteiger partial charge in [-0.2, -0.15) is 0 Å². The number of piperidine rings is 1. The molecule has 2 heterocycles. The van der Waals surface area contributed by atoms with Crippen molar-refractivity contribution in [3.8, 4) is 0 Å². The fourth-order valence-electron chi connectivity index (χ4n) is 4.51. The van der Waals surface area contributed by atoms with Crippen molar-refractivity contribution in [1.82, 2.24) is 4.90 Å². The van der Waals surface area contributed by atoms with E-state index in [1.54, 1.807) is 0 Å². The first-order chi connectivity index (χ1) is 9.83. The monoisotopic (exact) mass is 287 g/mol. The predicted octanol–water partition coefficient (Wildman–Crippen LogP) is 4.32. The van der Waals surface area contributed by atoms with E-state index in [1.807, 2.05) is 23.1 Å². The molecule has 0 spiro atoms. The number of cyclic esters (lactones) is 1. The van der Waals surface area contributed by atoms with E-state index in [4.69, 9.17) is 4.74 Å². The molecular formula is C18H25NO2. The number of carbonyl (C=O) groups excluding carboxylic acids is 1. The molecule has 0 N–H and O–H groups in total. The average Bonchev–Trinajstić information content (AvgIpc) is 2.68. The molecule has 2 aliphatic heterocycles. The zero-order valence-corrected chi connectivity index (χ0v) is 13.5. The van der Waals surface area contributed by atoms with Gasteiger partial charge in [-0.05, 0) is 31.7 Å². The van der Waals surface area contributed by atoms with Gasteiger partial charge in [0.2, 0.25) is 0 Å². The normalized spacial score (nSPS) is 32.8. The molecule has 1 aromatic rings. The van der Waals surface area contributed by atoms with E-state index < -0.39 is 5.60 Å². The molecule has 2 saturated heterocycles. The topological polar surface area (TPSA) is 29.5 Å². The first-order valence-corrected chi connectivity index (χ1v) is 7.89. The first-order valence-electron chi connectivity index (χ1n) is 7.89. The van der Waals surface area contributed by atoms with Crippen molar-refractivity contribution in [1.29, 1.82) is 0 Å². The van der Waals surface area contributed by atoms with Gasteiger partial charge in [0.25, 0.3) is 0 Å². The van der Waals surface area contributed by atoms with Gasteiger partial charge in [-0.3, -0.25) is 4.90 Å². The van der Waals surface area contributed by atoms with Crippen molar-refractivity contribution in [2.45, 2.75) is 58.1 Å². The van der Waals surface area contributed by atoms with Crippen LogP contribution in [0.2, 0.25) is 0 Å². The Morgan fingerprint density at radius 2 is 1.81 bits per heavy atom. The highest BCUT2D eigenvalue weighted by atomic mass is 16.6. The van der Waals surface area contributed by atoms with E-state index in [0.717, 1.165) is 31.4 Å². The Labute approximate surface area is 127 Å². The molecular weight excluding hydrogens is 262 g/mol. The minimum absolute atomic E-state index is 0.157. The molecule has 3 rings (SSSR count). The second kappa shape index (κ2) is 4.49. The van der Waals surface area contributed by atoms with Gasteiger partial charge < -0.3 is 4.74 Å². The van der Waals surface area contributed by atoms with Gasteiger partial charge in [0.05, 0.1) is 5.54 Å². The molecule has 21 heavy (non-hydrogen) atoms. The maximum Gasteiger partial charge on any atom is 0.411 e. The number of ether oxygens (including phenoxy) is 1. The Bertz CT molecular complexity index is 548. The Morgan fingerprint density at radius 1 is 1.14 bits per heavy atom. The molecule has 114 valence electrons. The number of nitrogens with zero attached hydrogens (tertiary/aromatic N) is 1. The number of rotatable bonds is 1. The Morgan fingerprint density at radius 3 is 2.43 bits per heavy atom. The zero-order chi connectivity index (χ0) is 15.3. The van der Waals surface area contributed by atoms with Crippen LogP contribution in [0.4, 0.5) is 4.79 Å². The highest BCUT2D eigenvalue weighted by molar-refractivity contribution is 5.74. The van der Waals surface area contributed by atoms with Crippen LogP contribution in [0.15, 0.2) is 30.3 Å². The van der Waals surface area contributed by atoms with E-state index in [1.165, 1.54) is 0 Å². The van der Waals surface area contributed by atoms with Gasteiger partial charge in [-0.1, -0.05) is 51.1 Å². The summed E-state index contributed by atoms with van der Waals surface area (Å²) in [7, 11) is 0. The summed E-state index contributed by atoms with van der Waals surface area (Å²) >= 11 is 0. The summed E-state index contributed by atoms with van der Waals surface area (Å²) in [5, 5.41) is 0. The molecule has 2 fully saturated rings. The average molecular weight is 287 g/mol. The summed E-state index contributed by atoms with van der Waals surface area (Å²) in [6, 6.07) is 10.3. The smallest absolute Gasteiger partial charge is 0.411 e. The van der Waals surface area contributed by atoms with Crippen molar-refractivity contribution >= 4 is 6.09 Å². The maximum absolute atomic E-state index is 12.6. The van der Waals surface area contributed by atoms with Crippen LogP contribution in [0.1, 0.15) is 52.5 Å². The fraction of sp³-hybridized carbons (Fsp3) is 0.611. The number of carbonyl (C=O) groups is 1. The first kappa shape index (κ1) is 14.4. The summed E-state index contributed by atoms with van der Waals surface area (Å²) in [6.45, 7) is 9.54. The summed E-state index contributed by atoms with van der Waals surface area (Å²) in [6.07, 6.45) is 3.05. The van der Waals surface area contributed by atoms with Crippen molar-refractivity contribution in [2.75, 3.05) is 6.54 Å². The predicted molar refractivity (Wildman–Crippen MR) is 83.0 cm³/mol. The van der Waals surface area contributed by atoms with E-state index in [-0.39, 0.29) is 17.0 Å². The summed E-state index contributed by atoms with van der Waals surface area (Å²) in [4.78, 5) is 14.5. The van der Waals surface area contributed by atoms with Crippen LogP contribution in [-0.2, 0) is 10.3 Å². The van der Waals surface area contributed by atoms with Crippen molar-refractivity contribution in [2.24, 2.45) is 5.41 Å².